The Morgan fingerprint density at radius 3 is 2.13 bits per heavy atom. The van der Waals surface area contributed by atoms with Crippen LogP contribution in [0, 0.1) is 13.8 Å². The SMILES string of the molecule is CCCC(C)NC(=O)C(c1cccc(C)c1C)N(C(=O)C(CCC(N)=O)NC(=O)OC(C)(C)C)C(C)(C)CC. The second-order valence-corrected chi connectivity index (χ2v) is 12.0. The van der Waals surface area contributed by atoms with Gasteiger partial charge in [-0.1, -0.05) is 38.5 Å². The minimum Gasteiger partial charge on any atom is -0.444 e. The predicted molar refractivity (Wildman–Crippen MR) is 154 cm³/mol. The van der Waals surface area contributed by atoms with Crippen LogP contribution in [0.1, 0.15) is 110 Å². The highest BCUT2D eigenvalue weighted by molar-refractivity contribution is 5.93. The van der Waals surface area contributed by atoms with E-state index < -0.39 is 41.1 Å². The van der Waals surface area contributed by atoms with Crippen molar-refractivity contribution in [3.05, 3.63) is 34.9 Å². The van der Waals surface area contributed by atoms with Gasteiger partial charge in [0.05, 0.1) is 0 Å². The number of nitrogens with zero attached hydrogens (tertiary/aromatic N) is 1. The smallest absolute Gasteiger partial charge is 0.408 e. The van der Waals surface area contributed by atoms with E-state index >= 15 is 0 Å². The third kappa shape index (κ3) is 10.2. The van der Waals surface area contributed by atoms with E-state index in [-0.39, 0.29) is 24.8 Å². The van der Waals surface area contributed by atoms with Crippen LogP contribution < -0.4 is 16.4 Å². The minimum absolute atomic E-state index is 0.0307. The highest BCUT2D eigenvalue weighted by Gasteiger charge is 2.43. The molecule has 9 heteroatoms. The Kier molecular flexibility index (Phi) is 12.5. The molecule has 0 aliphatic carbocycles. The maximum absolute atomic E-state index is 14.4. The number of aryl methyl sites for hydroxylation is 1. The number of hydrogen-bond acceptors (Lipinski definition) is 5. The Morgan fingerprint density at radius 2 is 1.62 bits per heavy atom. The zero-order chi connectivity index (χ0) is 30.1. The van der Waals surface area contributed by atoms with Gasteiger partial charge >= 0.3 is 6.09 Å². The largest absolute Gasteiger partial charge is 0.444 e. The Labute approximate surface area is 234 Å². The van der Waals surface area contributed by atoms with Gasteiger partial charge in [0, 0.05) is 18.0 Å². The number of alkyl carbamates (subject to hydrolysis) is 1. The quantitative estimate of drug-likeness (QED) is 0.326. The van der Waals surface area contributed by atoms with Crippen LogP contribution in [-0.2, 0) is 19.1 Å². The number of benzene rings is 1. The van der Waals surface area contributed by atoms with E-state index in [4.69, 9.17) is 10.5 Å². The van der Waals surface area contributed by atoms with Crippen molar-refractivity contribution in [3.8, 4) is 0 Å². The first kappa shape index (κ1) is 33.9. The van der Waals surface area contributed by atoms with E-state index in [1.165, 1.54) is 0 Å². The highest BCUT2D eigenvalue weighted by Crippen LogP contribution is 2.35. The number of nitrogens with two attached hydrogens (primary N) is 1. The fraction of sp³-hybridized carbons (Fsp3) is 0.667. The molecule has 3 unspecified atom stereocenters. The maximum Gasteiger partial charge on any atom is 0.408 e. The Balaban J connectivity index is 3.75. The molecule has 0 fully saturated rings. The van der Waals surface area contributed by atoms with E-state index in [9.17, 15) is 19.2 Å². The molecule has 9 nitrogen and oxygen atoms in total. The summed E-state index contributed by atoms with van der Waals surface area (Å²) in [6, 6.07) is 3.50. The van der Waals surface area contributed by atoms with Crippen molar-refractivity contribution >= 4 is 23.8 Å². The van der Waals surface area contributed by atoms with Gasteiger partial charge in [0.2, 0.25) is 17.7 Å². The Bertz CT molecular complexity index is 1020. The second kappa shape index (κ2) is 14.3. The van der Waals surface area contributed by atoms with Gasteiger partial charge in [0.25, 0.3) is 0 Å². The number of primary amides is 1. The molecule has 0 spiro atoms. The molecule has 4 N–H and O–H groups in total. The number of carbonyl (C=O) groups is 4. The molecule has 0 aromatic heterocycles. The van der Waals surface area contributed by atoms with E-state index in [0.717, 1.165) is 24.0 Å². The summed E-state index contributed by atoms with van der Waals surface area (Å²) in [4.78, 5) is 54.4. The molecule has 1 aromatic rings. The van der Waals surface area contributed by atoms with E-state index in [1.54, 1.807) is 25.7 Å². The maximum atomic E-state index is 14.4. The van der Waals surface area contributed by atoms with Gasteiger partial charge in [-0.05, 0) is 91.3 Å². The summed E-state index contributed by atoms with van der Waals surface area (Å²) < 4.78 is 5.41. The van der Waals surface area contributed by atoms with Gasteiger partial charge in [-0.2, -0.15) is 0 Å². The number of carbonyl (C=O) groups excluding carboxylic acids is 4. The molecule has 4 amide bonds. The van der Waals surface area contributed by atoms with Crippen LogP contribution in [0.3, 0.4) is 0 Å². The van der Waals surface area contributed by atoms with Gasteiger partial charge in [-0.15, -0.1) is 0 Å². The number of ether oxygens (including phenoxy) is 1. The van der Waals surface area contributed by atoms with E-state index in [0.29, 0.717) is 12.0 Å². The number of hydrogen-bond donors (Lipinski definition) is 3. The topological polar surface area (TPSA) is 131 Å². The van der Waals surface area contributed by atoms with Crippen LogP contribution in [0.2, 0.25) is 0 Å². The molecule has 1 aromatic carbocycles. The summed E-state index contributed by atoms with van der Waals surface area (Å²) in [5.41, 5.74) is 6.43. The lowest BCUT2D eigenvalue weighted by Gasteiger charge is -2.45. The van der Waals surface area contributed by atoms with Gasteiger partial charge in [-0.25, -0.2) is 4.79 Å². The van der Waals surface area contributed by atoms with Crippen molar-refractivity contribution in [2.45, 2.75) is 131 Å². The fourth-order valence-electron chi connectivity index (χ4n) is 4.40. The molecule has 1 rings (SSSR count). The normalized spacial score (nSPS) is 14.1. The molecule has 3 atom stereocenters. The predicted octanol–water partition coefficient (Wildman–Crippen LogP) is 4.83. The highest BCUT2D eigenvalue weighted by atomic mass is 16.6. The molecule has 0 saturated carbocycles. The first-order chi connectivity index (χ1) is 17.9. The average molecular weight is 547 g/mol. The zero-order valence-corrected chi connectivity index (χ0v) is 25.6. The summed E-state index contributed by atoms with van der Waals surface area (Å²) in [6.45, 7) is 18.8. The summed E-state index contributed by atoms with van der Waals surface area (Å²) in [6.07, 6.45) is 1.28. The monoisotopic (exact) mass is 546 g/mol. The average Bonchev–Trinajstić information content (AvgIpc) is 2.80. The minimum atomic E-state index is -1.13. The van der Waals surface area contributed by atoms with Crippen molar-refractivity contribution < 1.29 is 23.9 Å². The van der Waals surface area contributed by atoms with Crippen molar-refractivity contribution in [1.29, 1.82) is 0 Å². The van der Waals surface area contributed by atoms with Gasteiger partial charge in [0.15, 0.2) is 0 Å². The molecule has 220 valence electrons. The van der Waals surface area contributed by atoms with Crippen LogP contribution >= 0.6 is 0 Å². The van der Waals surface area contributed by atoms with Crippen LogP contribution in [0.4, 0.5) is 4.79 Å². The second-order valence-electron chi connectivity index (χ2n) is 12.0. The third-order valence-electron chi connectivity index (χ3n) is 6.98. The molecular weight excluding hydrogens is 496 g/mol. The van der Waals surface area contributed by atoms with E-state index in [1.807, 2.05) is 66.7 Å². The third-order valence-corrected chi connectivity index (χ3v) is 6.98. The van der Waals surface area contributed by atoms with Crippen molar-refractivity contribution in [1.82, 2.24) is 15.5 Å². The Morgan fingerprint density at radius 1 is 1.00 bits per heavy atom. The summed E-state index contributed by atoms with van der Waals surface area (Å²) >= 11 is 0. The Hall–Kier alpha value is -3.10. The van der Waals surface area contributed by atoms with E-state index in [2.05, 4.69) is 10.6 Å². The van der Waals surface area contributed by atoms with Crippen LogP contribution in [0.15, 0.2) is 18.2 Å². The molecule has 0 radical (unpaired) electrons. The fourth-order valence-corrected chi connectivity index (χ4v) is 4.40. The molecule has 39 heavy (non-hydrogen) atoms. The molecule has 0 aliphatic heterocycles. The van der Waals surface area contributed by atoms with Gasteiger partial charge in [0.1, 0.15) is 17.7 Å². The molecule has 0 saturated heterocycles. The van der Waals surface area contributed by atoms with Gasteiger partial charge < -0.3 is 26.0 Å². The standard InChI is InChI=1S/C30H50N4O5/c1-11-14-20(4)32-26(36)25(22-16-13-15-19(3)21(22)5)34(30(9,10)12-2)27(37)23(17-18-24(31)35)33-28(38)39-29(6,7)8/h13,15-16,20,23,25H,11-12,14,17-18H2,1-10H3,(H2,31,35)(H,32,36)(H,33,38). The van der Waals surface area contributed by atoms with Crippen LogP contribution in [0.5, 0.6) is 0 Å². The first-order valence-electron chi connectivity index (χ1n) is 13.9. The van der Waals surface area contributed by atoms with Crippen LogP contribution in [-0.4, -0.2) is 51.9 Å². The molecule has 0 aliphatic rings. The first-order valence-corrected chi connectivity index (χ1v) is 13.9. The lowest BCUT2D eigenvalue weighted by Crippen LogP contribution is -2.60. The lowest BCUT2D eigenvalue weighted by atomic mass is 9.89. The summed E-state index contributed by atoms with van der Waals surface area (Å²) in [5, 5.41) is 5.75. The number of nitrogens with one attached hydrogen (secondary N) is 2. The summed E-state index contributed by atoms with van der Waals surface area (Å²) in [7, 11) is 0. The van der Waals surface area contributed by atoms with Crippen molar-refractivity contribution in [2.24, 2.45) is 5.73 Å². The zero-order valence-electron chi connectivity index (χ0n) is 25.6. The van der Waals surface area contributed by atoms with Crippen molar-refractivity contribution in [2.75, 3.05) is 0 Å². The van der Waals surface area contributed by atoms with Crippen molar-refractivity contribution in [3.63, 3.8) is 0 Å². The molecule has 0 heterocycles. The van der Waals surface area contributed by atoms with Gasteiger partial charge in [-0.3, -0.25) is 14.4 Å². The van der Waals surface area contributed by atoms with Crippen LogP contribution in [0.25, 0.3) is 0 Å². The lowest BCUT2D eigenvalue weighted by molar-refractivity contribution is -0.149. The number of amides is 4. The molecular formula is C30H50N4O5. The molecule has 0 bridgehead atoms. The number of rotatable bonds is 13. The summed E-state index contributed by atoms with van der Waals surface area (Å²) in [5.74, 6) is -1.39.